The van der Waals surface area contributed by atoms with Crippen LogP contribution in [-0.2, 0) is 16.1 Å². The van der Waals surface area contributed by atoms with Gasteiger partial charge in [-0.3, -0.25) is 14.6 Å². The van der Waals surface area contributed by atoms with Gasteiger partial charge in [0, 0.05) is 6.54 Å². The van der Waals surface area contributed by atoms with Crippen LogP contribution in [-0.4, -0.2) is 61.1 Å². The lowest BCUT2D eigenvalue weighted by Crippen LogP contribution is -2.42. The van der Waals surface area contributed by atoms with Crippen LogP contribution in [0.4, 0.5) is 4.79 Å². The number of carbonyl (C=O) groups excluding carboxylic acids is 2. The lowest BCUT2D eigenvalue weighted by Gasteiger charge is -2.31. The van der Waals surface area contributed by atoms with E-state index >= 15 is 0 Å². The number of carbonyl (C=O) groups is 2. The number of likely N-dealkylation sites (tertiary alicyclic amines) is 1. The van der Waals surface area contributed by atoms with Gasteiger partial charge in [0.25, 0.3) is 0 Å². The molecule has 1 aromatic heterocycles. The van der Waals surface area contributed by atoms with Crippen LogP contribution in [0.5, 0.6) is 0 Å². The molecule has 2 saturated heterocycles. The number of hydrogen-bond donors (Lipinski definition) is 1. The number of amides is 2. The quantitative estimate of drug-likeness (QED) is 0.850. The number of ether oxygens (including phenoxy) is 1. The Bertz CT molecular complexity index is 578. The number of cyclic esters (lactones) is 1. The van der Waals surface area contributed by atoms with E-state index in [4.69, 9.17) is 9.15 Å². The highest BCUT2D eigenvalue weighted by Crippen LogP contribution is 2.19. The maximum absolute atomic E-state index is 11.9. The highest BCUT2D eigenvalue weighted by atomic mass is 16.6. The van der Waals surface area contributed by atoms with Crippen molar-refractivity contribution in [1.29, 1.82) is 0 Å². The van der Waals surface area contributed by atoms with Crippen LogP contribution in [0, 0.1) is 12.8 Å². The Hall–Kier alpha value is -2.02. The Morgan fingerprint density at radius 1 is 1.29 bits per heavy atom. The fourth-order valence-electron chi connectivity index (χ4n) is 3.20. The summed E-state index contributed by atoms with van der Waals surface area (Å²) >= 11 is 0. The molecule has 0 radical (unpaired) electrons. The smallest absolute Gasteiger partial charge is 0.410 e. The van der Waals surface area contributed by atoms with Gasteiger partial charge in [-0.15, -0.1) is 0 Å². The first-order valence-corrected chi connectivity index (χ1v) is 8.56. The molecular weight excluding hydrogens is 310 g/mol. The molecule has 24 heavy (non-hydrogen) atoms. The highest BCUT2D eigenvalue weighted by molar-refractivity contribution is 5.82. The van der Waals surface area contributed by atoms with Crippen molar-refractivity contribution >= 4 is 12.0 Å². The minimum Gasteiger partial charge on any atom is -0.465 e. The molecule has 0 unspecified atom stereocenters. The SMILES string of the molecule is Cc1ccc(CN2CCC(CNC(=O)CN3CCOC3=O)CC2)o1. The third-order valence-electron chi connectivity index (χ3n) is 4.65. The number of furan rings is 1. The molecule has 2 amide bonds. The summed E-state index contributed by atoms with van der Waals surface area (Å²) in [7, 11) is 0. The molecule has 3 rings (SSSR count). The van der Waals surface area contributed by atoms with Gasteiger partial charge in [0.05, 0.1) is 13.1 Å². The average molecular weight is 335 g/mol. The van der Waals surface area contributed by atoms with E-state index < -0.39 is 6.09 Å². The molecule has 132 valence electrons. The minimum absolute atomic E-state index is 0.0928. The van der Waals surface area contributed by atoms with Crippen molar-refractivity contribution in [2.24, 2.45) is 5.92 Å². The topological polar surface area (TPSA) is 75.0 Å². The molecule has 0 spiro atoms. The summed E-state index contributed by atoms with van der Waals surface area (Å²) in [6.07, 6.45) is 1.73. The van der Waals surface area contributed by atoms with Crippen LogP contribution in [0.1, 0.15) is 24.4 Å². The zero-order chi connectivity index (χ0) is 16.9. The molecule has 1 aromatic rings. The Labute approximate surface area is 141 Å². The number of rotatable bonds is 6. The molecule has 0 atom stereocenters. The molecule has 0 saturated carbocycles. The van der Waals surface area contributed by atoms with E-state index in [1.54, 1.807) is 0 Å². The van der Waals surface area contributed by atoms with E-state index in [-0.39, 0.29) is 12.5 Å². The average Bonchev–Trinajstić information content (AvgIpc) is 3.15. The second kappa shape index (κ2) is 7.70. The molecule has 2 aliphatic rings. The number of hydrogen-bond acceptors (Lipinski definition) is 5. The zero-order valence-electron chi connectivity index (χ0n) is 14.1. The first-order valence-electron chi connectivity index (χ1n) is 8.56. The molecule has 0 bridgehead atoms. The standard InChI is InChI=1S/C17H25N3O4/c1-13-2-3-15(24-13)11-19-6-4-14(5-7-19)10-18-16(21)12-20-8-9-23-17(20)22/h2-3,14H,4-12H2,1H3,(H,18,21). The van der Waals surface area contributed by atoms with Gasteiger partial charge in [-0.2, -0.15) is 0 Å². The molecular formula is C17H25N3O4. The summed E-state index contributed by atoms with van der Waals surface area (Å²) in [4.78, 5) is 27.0. The molecule has 2 aliphatic heterocycles. The third kappa shape index (κ3) is 4.50. The van der Waals surface area contributed by atoms with Gasteiger partial charge in [0.1, 0.15) is 24.7 Å². The summed E-state index contributed by atoms with van der Waals surface area (Å²) in [5, 5.41) is 2.94. The summed E-state index contributed by atoms with van der Waals surface area (Å²) in [6.45, 7) is 6.48. The summed E-state index contributed by atoms with van der Waals surface area (Å²) < 4.78 is 10.4. The lowest BCUT2D eigenvalue weighted by molar-refractivity contribution is -0.121. The predicted octanol–water partition coefficient (Wildman–Crippen LogP) is 1.37. The zero-order valence-corrected chi connectivity index (χ0v) is 14.1. The number of nitrogens with one attached hydrogen (secondary N) is 1. The number of piperidine rings is 1. The second-order valence-corrected chi connectivity index (χ2v) is 6.57. The van der Waals surface area contributed by atoms with Crippen LogP contribution < -0.4 is 5.32 Å². The van der Waals surface area contributed by atoms with Crippen LogP contribution in [0.2, 0.25) is 0 Å². The molecule has 7 nitrogen and oxygen atoms in total. The predicted molar refractivity (Wildman–Crippen MR) is 87.4 cm³/mol. The van der Waals surface area contributed by atoms with Crippen molar-refractivity contribution in [1.82, 2.24) is 15.1 Å². The third-order valence-corrected chi connectivity index (χ3v) is 4.65. The lowest BCUT2D eigenvalue weighted by atomic mass is 9.96. The summed E-state index contributed by atoms with van der Waals surface area (Å²) in [5.74, 6) is 2.35. The first-order chi connectivity index (χ1) is 11.6. The van der Waals surface area contributed by atoms with Crippen molar-refractivity contribution < 1.29 is 18.7 Å². The molecule has 2 fully saturated rings. The van der Waals surface area contributed by atoms with Gasteiger partial charge in [-0.25, -0.2) is 4.79 Å². The number of aryl methyl sites for hydroxylation is 1. The van der Waals surface area contributed by atoms with E-state index in [1.807, 2.05) is 19.1 Å². The first kappa shape index (κ1) is 16.8. The normalized spacial score (nSPS) is 19.5. The largest absolute Gasteiger partial charge is 0.465 e. The molecule has 7 heteroatoms. The van der Waals surface area contributed by atoms with Crippen LogP contribution in [0.15, 0.2) is 16.5 Å². The van der Waals surface area contributed by atoms with Gasteiger partial charge in [-0.05, 0) is 50.9 Å². The summed E-state index contributed by atoms with van der Waals surface area (Å²) in [5.41, 5.74) is 0. The molecule has 0 aromatic carbocycles. The van der Waals surface area contributed by atoms with Crippen molar-refractivity contribution in [3.05, 3.63) is 23.7 Å². The monoisotopic (exact) mass is 335 g/mol. The molecule has 1 N–H and O–H groups in total. The van der Waals surface area contributed by atoms with Gasteiger partial charge >= 0.3 is 6.09 Å². The fraction of sp³-hybridized carbons (Fsp3) is 0.647. The van der Waals surface area contributed by atoms with E-state index in [1.165, 1.54) is 4.90 Å². The van der Waals surface area contributed by atoms with E-state index in [0.717, 1.165) is 44.0 Å². The molecule has 0 aliphatic carbocycles. The Morgan fingerprint density at radius 2 is 2.08 bits per heavy atom. The number of nitrogens with zero attached hydrogens (tertiary/aromatic N) is 2. The summed E-state index contributed by atoms with van der Waals surface area (Å²) in [6, 6.07) is 4.03. The maximum atomic E-state index is 11.9. The van der Waals surface area contributed by atoms with Crippen LogP contribution in [0.3, 0.4) is 0 Å². The highest BCUT2D eigenvalue weighted by Gasteiger charge is 2.25. The fourth-order valence-corrected chi connectivity index (χ4v) is 3.20. The van der Waals surface area contributed by atoms with Crippen molar-refractivity contribution in [2.45, 2.75) is 26.3 Å². The Balaban J connectivity index is 1.33. The Morgan fingerprint density at radius 3 is 2.71 bits per heavy atom. The van der Waals surface area contributed by atoms with Crippen molar-refractivity contribution in [3.63, 3.8) is 0 Å². The van der Waals surface area contributed by atoms with Gasteiger partial charge < -0.3 is 14.5 Å². The van der Waals surface area contributed by atoms with Crippen LogP contribution in [0.25, 0.3) is 0 Å². The van der Waals surface area contributed by atoms with Gasteiger partial charge in [0.2, 0.25) is 5.91 Å². The Kier molecular flexibility index (Phi) is 5.40. The van der Waals surface area contributed by atoms with Crippen molar-refractivity contribution in [3.8, 4) is 0 Å². The molecule has 3 heterocycles. The van der Waals surface area contributed by atoms with Crippen molar-refractivity contribution in [2.75, 3.05) is 39.3 Å². The maximum Gasteiger partial charge on any atom is 0.410 e. The minimum atomic E-state index is -0.397. The van der Waals surface area contributed by atoms with Gasteiger partial charge in [-0.1, -0.05) is 0 Å². The van der Waals surface area contributed by atoms with E-state index in [0.29, 0.717) is 25.6 Å². The van der Waals surface area contributed by atoms with Crippen LogP contribution >= 0.6 is 0 Å². The van der Waals surface area contributed by atoms with Gasteiger partial charge in [0.15, 0.2) is 0 Å². The van der Waals surface area contributed by atoms with E-state index in [2.05, 4.69) is 10.2 Å². The van der Waals surface area contributed by atoms with E-state index in [9.17, 15) is 9.59 Å². The second-order valence-electron chi connectivity index (χ2n) is 6.57.